The van der Waals surface area contributed by atoms with Crippen molar-refractivity contribution in [3.63, 3.8) is 0 Å². The average molecular weight is 305 g/mol. The molecular weight excluding hydrogens is 288 g/mol. The Labute approximate surface area is 116 Å². The van der Waals surface area contributed by atoms with Crippen molar-refractivity contribution in [3.8, 4) is 0 Å². The van der Waals surface area contributed by atoms with Crippen molar-refractivity contribution < 1.29 is 4.74 Å². The summed E-state index contributed by atoms with van der Waals surface area (Å²) in [7, 11) is 0. The molecule has 0 bridgehead atoms. The summed E-state index contributed by atoms with van der Waals surface area (Å²) in [6, 6.07) is 15.1. The van der Waals surface area contributed by atoms with E-state index in [1.165, 1.54) is 16.3 Å². The molecule has 1 heterocycles. The molecule has 0 saturated carbocycles. The van der Waals surface area contributed by atoms with Crippen LogP contribution in [0.25, 0.3) is 10.8 Å². The second-order valence-electron chi connectivity index (χ2n) is 5.00. The van der Waals surface area contributed by atoms with Crippen molar-refractivity contribution in [2.45, 2.75) is 24.3 Å². The number of hydrogen-bond acceptors (Lipinski definition) is 1. The highest BCUT2D eigenvalue weighted by molar-refractivity contribution is 9.09. The maximum absolute atomic E-state index is 5.69. The molecule has 2 aromatic carbocycles. The summed E-state index contributed by atoms with van der Waals surface area (Å²) in [4.78, 5) is 0.376. The quantitative estimate of drug-likeness (QED) is 0.731. The molecule has 1 aliphatic rings. The number of fused-ring (bicyclic) bond motifs is 1. The van der Waals surface area contributed by atoms with Gasteiger partial charge in [0.05, 0.1) is 6.10 Å². The van der Waals surface area contributed by atoms with E-state index in [0.717, 1.165) is 13.0 Å². The summed E-state index contributed by atoms with van der Waals surface area (Å²) in [5.41, 5.74) is 1.38. The Balaban J connectivity index is 2.03. The minimum atomic E-state index is 0.341. The molecule has 0 aromatic heterocycles. The third kappa shape index (κ3) is 2.08. The summed E-state index contributed by atoms with van der Waals surface area (Å²) >= 11 is 3.89. The summed E-state index contributed by atoms with van der Waals surface area (Å²) in [6.07, 6.45) is 1.48. The third-order valence-electron chi connectivity index (χ3n) is 3.93. The van der Waals surface area contributed by atoms with Crippen LogP contribution in [-0.4, -0.2) is 12.7 Å². The lowest BCUT2D eigenvalue weighted by Crippen LogP contribution is -2.16. The minimum absolute atomic E-state index is 0.341. The van der Waals surface area contributed by atoms with Gasteiger partial charge in [-0.25, -0.2) is 0 Å². The largest absolute Gasteiger partial charge is 0.378 e. The lowest BCUT2D eigenvalue weighted by molar-refractivity contribution is 0.105. The first kappa shape index (κ1) is 12.2. The van der Waals surface area contributed by atoms with Gasteiger partial charge < -0.3 is 4.74 Å². The number of hydrogen-bond donors (Lipinski definition) is 0. The number of halogens is 1. The molecule has 2 heteroatoms. The molecule has 0 radical (unpaired) electrons. The second-order valence-corrected chi connectivity index (χ2v) is 5.99. The van der Waals surface area contributed by atoms with Crippen LogP contribution in [0.4, 0.5) is 0 Å². The van der Waals surface area contributed by atoms with E-state index < -0.39 is 0 Å². The maximum Gasteiger partial charge on any atom is 0.0589 e. The van der Waals surface area contributed by atoms with Gasteiger partial charge in [0.2, 0.25) is 0 Å². The highest BCUT2D eigenvalue weighted by Crippen LogP contribution is 2.41. The molecule has 18 heavy (non-hydrogen) atoms. The fourth-order valence-electron chi connectivity index (χ4n) is 2.85. The third-order valence-corrected chi connectivity index (χ3v) is 5.10. The van der Waals surface area contributed by atoms with Crippen molar-refractivity contribution in [1.82, 2.24) is 0 Å². The van der Waals surface area contributed by atoms with E-state index >= 15 is 0 Å². The molecule has 1 fully saturated rings. The molecule has 0 spiro atoms. The minimum Gasteiger partial charge on any atom is -0.378 e. The topological polar surface area (TPSA) is 9.23 Å². The lowest BCUT2D eigenvalue weighted by Gasteiger charge is -2.22. The van der Waals surface area contributed by atoms with Gasteiger partial charge in [-0.3, -0.25) is 0 Å². The zero-order chi connectivity index (χ0) is 12.5. The van der Waals surface area contributed by atoms with Crippen molar-refractivity contribution in [1.29, 1.82) is 0 Å². The summed E-state index contributed by atoms with van der Waals surface area (Å²) in [5.74, 6) is 0.566. The highest BCUT2D eigenvalue weighted by atomic mass is 79.9. The Morgan fingerprint density at radius 2 is 1.94 bits per heavy atom. The predicted molar refractivity (Wildman–Crippen MR) is 79.1 cm³/mol. The Morgan fingerprint density at radius 3 is 2.72 bits per heavy atom. The van der Waals surface area contributed by atoms with Crippen LogP contribution in [0, 0.1) is 5.92 Å². The molecule has 0 amide bonds. The number of benzene rings is 2. The molecule has 3 rings (SSSR count). The van der Waals surface area contributed by atoms with Gasteiger partial charge in [-0.05, 0) is 29.7 Å². The van der Waals surface area contributed by atoms with Crippen molar-refractivity contribution in [3.05, 3.63) is 48.0 Å². The van der Waals surface area contributed by atoms with E-state index in [4.69, 9.17) is 4.74 Å². The van der Waals surface area contributed by atoms with Gasteiger partial charge in [-0.2, -0.15) is 0 Å². The average Bonchev–Trinajstić information content (AvgIpc) is 2.83. The van der Waals surface area contributed by atoms with Gasteiger partial charge in [0, 0.05) is 17.4 Å². The SMILES string of the molecule is CC1OCCC1C(Br)c1cccc2ccccc12. The van der Waals surface area contributed by atoms with E-state index in [1.807, 2.05) is 0 Å². The normalized spacial score (nSPS) is 25.4. The van der Waals surface area contributed by atoms with Gasteiger partial charge in [0.25, 0.3) is 0 Å². The van der Waals surface area contributed by atoms with E-state index in [2.05, 4.69) is 65.3 Å². The zero-order valence-corrected chi connectivity index (χ0v) is 12.1. The van der Waals surface area contributed by atoms with Crippen LogP contribution in [0.15, 0.2) is 42.5 Å². The molecule has 3 atom stereocenters. The fourth-order valence-corrected chi connectivity index (χ4v) is 3.95. The van der Waals surface area contributed by atoms with Gasteiger partial charge in [0.15, 0.2) is 0 Å². The van der Waals surface area contributed by atoms with Gasteiger partial charge in [-0.1, -0.05) is 58.4 Å². The Hall–Kier alpha value is -0.860. The van der Waals surface area contributed by atoms with Crippen LogP contribution < -0.4 is 0 Å². The molecule has 0 N–H and O–H groups in total. The summed E-state index contributed by atoms with van der Waals surface area (Å²) < 4.78 is 5.69. The fraction of sp³-hybridized carbons (Fsp3) is 0.375. The number of ether oxygens (including phenoxy) is 1. The van der Waals surface area contributed by atoms with E-state index in [1.54, 1.807) is 0 Å². The summed E-state index contributed by atoms with van der Waals surface area (Å²) in [5, 5.41) is 2.66. The molecule has 1 aliphatic heterocycles. The first-order valence-electron chi connectivity index (χ1n) is 6.50. The number of alkyl halides is 1. The standard InChI is InChI=1S/C16H17BrO/c1-11-13(9-10-18-11)16(17)15-8-4-6-12-5-2-3-7-14(12)15/h2-8,11,13,16H,9-10H2,1H3. The summed E-state index contributed by atoms with van der Waals surface area (Å²) in [6.45, 7) is 3.07. The van der Waals surface area contributed by atoms with Crippen LogP contribution >= 0.6 is 15.9 Å². The lowest BCUT2D eigenvalue weighted by atomic mass is 9.91. The molecule has 2 aromatic rings. The van der Waals surface area contributed by atoms with Gasteiger partial charge >= 0.3 is 0 Å². The Morgan fingerprint density at radius 1 is 1.17 bits per heavy atom. The molecule has 1 nitrogen and oxygen atoms in total. The number of rotatable bonds is 2. The smallest absolute Gasteiger partial charge is 0.0589 e. The molecule has 3 unspecified atom stereocenters. The van der Waals surface area contributed by atoms with Crippen LogP contribution in [0.5, 0.6) is 0 Å². The van der Waals surface area contributed by atoms with Crippen LogP contribution in [0.1, 0.15) is 23.7 Å². The Kier molecular flexibility index (Phi) is 3.40. The monoisotopic (exact) mass is 304 g/mol. The zero-order valence-electron chi connectivity index (χ0n) is 10.5. The molecule has 0 aliphatic carbocycles. The molecule has 1 saturated heterocycles. The van der Waals surface area contributed by atoms with E-state index in [0.29, 0.717) is 16.8 Å². The second kappa shape index (κ2) is 5.02. The Bertz CT molecular complexity index is 546. The highest BCUT2D eigenvalue weighted by Gasteiger charge is 2.31. The van der Waals surface area contributed by atoms with Crippen molar-refractivity contribution in [2.24, 2.45) is 5.92 Å². The first-order chi connectivity index (χ1) is 8.77. The predicted octanol–water partition coefficient (Wildman–Crippen LogP) is 4.70. The van der Waals surface area contributed by atoms with E-state index in [-0.39, 0.29) is 0 Å². The van der Waals surface area contributed by atoms with Crippen molar-refractivity contribution >= 4 is 26.7 Å². The first-order valence-corrected chi connectivity index (χ1v) is 7.42. The van der Waals surface area contributed by atoms with Gasteiger partial charge in [-0.15, -0.1) is 0 Å². The van der Waals surface area contributed by atoms with Crippen LogP contribution in [0.2, 0.25) is 0 Å². The van der Waals surface area contributed by atoms with Gasteiger partial charge in [0.1, 0.15) is 0 Å². The van der Waals surface area contributed by atoms with Crippen LogP contribution in [0.3, 0.4) is 0 Å². The maximum atomic E-state index is 5.69. The molecule has 94 valence electrons. The van der Waals surface area contributed by atoms with Crippen molar-refractivity contribution in [2.75, 3.05) is 6.61 Å². The van der Waals surface area contributed by atoms with Crippen LogP contribution in [-0.2, 0) is 4.74 Å². The van der Waals surface area contributed by atoms with E-state index in [9.17, 15) is 0 Å². The molecular formula is C16H17BrO.